The van der Waals surface area contributed by atoms with Gasteiger partial charge in [0.25, 0.3) is 6.01 Å². The number of halogens is 1. The maximum atomic E-state index is 10.1. The third-order valence-corrected chi connectivity index (χ3v) is 3.17. The number of hydrogen-bond acceptors (Lipinski definition) is 3. The van der Waals surface area contributed by atoms with Gasteiger partial charge in [0.1, 0.15) is 10.7 Å². The normalized spacial score (nSPS) is 21.6. The molecule has 5 heteroatoms. The lowest BCUT2D eigenvalue weighted by Gasteiger charge is -2.15. The van der Waals surface area contributed by atoms with Crippen molar-refractivity contribution in [2.24, 2.45) is 5.92 Å². The van der Waals surface area contributed by atoms with Crippen LogP contribution < -0.4 is 4.74 Å². The second-order valence-electron chi connectivity index (χ2n) is 4.30. The minimum Gasteiger partial charge on any atom is -0.460 e. The van der Waals surface area contributed by atoms with E-state index in [2.05, 4.69) is 20.9 Å². The van der Waals surface area contributed by atoms with E-state index in [0.717, 1.165) is 12.2 Å². The first-order valence-corrected chi connectivity index (χ1v) is 5.90. The Morgan fingerprint density at radius 3 is 2.87 bits per heavy atom. The molecule has 15 heavy (non-hydrogen) atoms. The van der Waals surface area contributed by atoms with E-state index < -0.39 is 6.10 Å². The van der Waals surface area contributed by atoms with Crippen LogP contribution in [0, 0.1) is 5.92 Å². The molecule has 2 atom stereocenters. The van der Waals surface area contributed by atoms with Crippen molar-refractivity contribution in [2.75, 3.05) is 0 Å². The van der Waals surface area contributed by atoms with E-state index >= 15 is 0 Å². The average molecular weight is 275 g/mol. The van der Waals surface area contributed by atoms with Crippen molar-refractivity contribution >= 4 is 15.9 Å². The molecule has 0 fully saturated rings. The van der Waals surface area contributed by atoms with Gasteiger partial charge in [0.2, 0.25) is 0 Å². The van der Waals surface area contributed by atoms with Crippen molar-refractivity contribution < 1.29 is 9.84 Å². The number of rotatable bonds is 2. The highest BCUT2D eigenvalue weighted by atomic mass is 79.9. The Morgan fingerprint density at radius 1 is 1.60 bits per heavy atom. The fourth-order valence-corrected chi connectivity index (χ4v) is 2.35. The van der Waals surface area contributed by atoms with Crippen LogP contribution in [0.3, 0.4) is 0 Å². The maximum Gasteiger partial charge on any atom is 0.298 e. The summed E-state index contributed by atoms with van der Waals surface area (Å²) < 4.78 is 8.14. The minimum atomic E-state index is -0.505. The number of aliphatic hydroxyl groups is 1. The van der Waals surface area contributed by atoms with Gasteiger partial charge in [-0.3, -0.25) is 4.57 Å². The van der Waals surface area contributed by atoms with Gasteiger partial charge in [0, 0.05) is 0 Å². The Balaban J connectivity index is 2.40. The van der Waals surface area contributed by atoms with Gasteiger partial charge in [-0.2, -0.15) is 4.98 Å². The third-order valence-electron chi connectivity index (χ3n) is 2.58. The molecule has 2 heterocycles. The Morgan fingerprint density at radius 2 is 2.27 bits per heavy atom. The molecule has 0 radical (unpaired) electrons. The molecular weight excluding hydrogens is 260 g/mol. The molecule has 1 aliphatic rings. The molecule has 84 valence electrons. The van der Waals surface area contributed by atoms with E-state index in [1.165, 1.54) is 0 Å². The molecular formula is C10H15BrN2O2. The Labute approximate surface area is 97.4 Å². The van der Waals surface area contributed by atoms with Crippen LogP contribution in [0.15, 0.2) is 4.60 Å². The van der Waals surface area contributed by atoms with Gasteiger partial charge in [-0.1, -0.05) is 13.8 Å². The van der Waals surface area contributed by atoms with E-state index in [0.29, 0.717) is 10.6 Å². The lowest BCUT2D eigenvalue weighted by atomic mass is 10.1. The zero-order valence-electron chi connectivity index (χ0n) is 9.07. The number of ether oxygens (including phenoxy) is 1. The monoisotopic (exact) mass is 274 g/mol. The summed E-state index contributed by atoms with van der Waals surface area (Å²) in [6, 6.07) is 0.601. The van der Waals surface area contributed by atoms with E-state index in [9.17, 15) is 5.11 Å². The second kappa shape index (κ2) is 3.79. The predicted octanol–water partition coefficient (Wildman–Crippen LogP) is 2.12. The van der Waals surface area contributed by atoms with Crippen LogP contribution in [0.1, 0.15) is 32.6 Å². The quantitative estimate of drug-likeness (QED) is 0.899. The lowest BCUT2D eigenvalue weighted by Crippen LogP contribution is -2.14. The highest BCUT2D eigenvalue weighted by molar-refractivity contribution is 9.10. The number of nitrogens with zero attached hydrogens (tertiary/aromatic N) is 2. The zero-order chi connectivity index (χ0) is 11.2. The molecule has 1 aromatic rings. The summed E-state index contributed by atoms with van der Waals surface area (Å²) in [5.74, 6) is 0.165. The van der Waals surface area contributed by atoms with Crippen LogP contribution in [0.25, 0.3) is 0 Å². The fourth-order valence-electron chi connectivity index (χ4n) is 1.75. The number of fused-ring (bicyclic) bond motifs is 1. The van der Waals surface area contributed by atoms with Gasteiger partial charge in [0.15, 0.2) is 0 Å². The topological polar surface area (TPSA) is 47.3 Å². The number of aromatic nitrogens is 2. The second-order valence-corrected chi connectivity index (χ2v) is 5.05. The zero-order valence-corrected chi connectivity index (χ0v) is 10.7. The van der Waals surface area contributed by atoms with E-state index in [4.69, 9.17) is 4.74 Å². The van der Waals surface area contributed by atoms with Gasteiger partial charge in [-0.05, 0) is 28.8 Å². The molecule has 2 unspecified atom stereocenters. The van der Waals surface area contributed by atoms with Crippen molar-refractivity contribution in [1.29, 1.82) is 0 Å². The largest absolute Gasteiger partial charge is 0.460 e. The van der Waals surface area contributed by atoms with Crippen molar-refractivity contribution in [3.8, 4) is 6.01 Å². The molecule has 0 amide bonds. The first kappa shape index (κ1) is 11.0. The molecule has 0 aromatic carbocycles. The van der Waals surface area contributed by atoms with Gasteiger partial charge < -0.3 is 9.84 Å². The SMILES string of the molecule is CC1Cn2c(nc(Br)c2C(O)C(C)C)O1. The lowest BCUT2D eigenvalue weighted by molar-refractivity contribution is 0.118. The summed E-state index contributed by atoms with van der Waals surface area (Å²) in [5.41, 5.74) is 0.823. The maximum absolute atomic E-state index is 10.1. The molecule has 1 N–H and O–H groups in total. The predicted molar refractivity (Wildman–Crippen MR) is 59.8 cm³/mol. The smallest absolute Gasteiger partial charge is 0.298 e. The minimum absolute atomic E-state index is 0.138. The number of aliphatic hydroxyl groups excluding tert-OH is 1. The van der Waals surface area contributed by atoms with Gasteiger partial charge in [-0.15, -0.1) is 0 Å². The van der Waals surface area contributed by atoms with Crippen molar-refractivity contribution in [3.05, 3.63) is 10.3 Å². The molecule has 0 saturated heterocycles. The van der Waals surface area contributed by atoms with E-state index in [1.54, 1.807) is 0 Å². The first-order valence-electron chi connectivity index (χ1n) is 5.11. The molecule has 4 nitrogen and oxygen atoms in total. The first-order chi connectivity index (χ1) is 7.00. The van der Waals surface area contributed by atoms with Crippen molar-refractivity contribution in [2.45, 2.75) is 39.5 Å². The van der Waals surface area contributed by atoms with Crippen molar-refractivity contribution in [3.63, 3.8) is 0 Å². The van der Waals surface area contributed by atoms with Gasteiger partial charge in [0.05, 0.1) is 18.3 Å². The molecule has 0 aliphatic carbocycles. The van der Waals surface area contributed by atoms with E-state index in [1.807, 2.05) is 25.3 Å². The molecule has 0 saturated carbocycles. The highest BCUT2D eigenvalue weighted by Crippen LogP contribution is 2.35. The van der Waals surface area contributed by atoms with Crippen LogP contribution in [-0.4, -0.2) is 20.8 Å². The summed E-state index contributed by atoms with van der Waals surface area (Å²) in [7, 11) is 0. The summed E-state index contributed by atoms with van der Waals surface area (Å²) in [5, 5.41) is 10.1. The summed E-state index contributed by atoms with van der Waals surface area (Å²) >= 11 is 3.36. The summed E-state index contributed by atoms with van der Waals surface area (Å²) in [6.45, 7) is 6.72. The number of hydrogen-bond donors (Lipinski definition) is 1. The highest BCUT2D eigenvalue weighted by Gasteiger charge is 2.30. The van der Waals surface area contributed by atoms with Crippen LogP contribution in [0.5, 0.6) is 6.01 Å². The summed E-state index contributed by atoms with van der Waals surface area (Å²) in [6.07, 6.45) is -0.367. The van der Waals surface area contributed by atoms with E-state index in [-0.39, 0.29) is 12.0 Å². The van der Waals surface area contributed by atoms with Crippen molar-refractivity contribution in [1.82, 2.24) is 9.55 Å². The van der Waals surface area contributed by atoms with Gasteiger partial charge in [-0.25, -0.2) is 0 Å². The van der Waals surface area contributed by atoms with Crippen LogP contribution in [0.4, 0.5) is 0 Å². The molecule has 1 aliphatic heterocycles. The van der Waals surface area contributed by atoms with Crippen LogP contribution in [0.2, 0.25) is 0 Å². The standard InChI is InChI=1S/C10H15BrN2O2/c1-5(2)8(14)7-9(11)12-10-13(7)4-6(3)15-10/h5-6,8,14H,4H2,1-3H3. The molecule has 1 aromatic heterocycles. The van der Waals surface area contributed by atoms with Gasteiger partial charge >= 0.3 is 0 Å². The average Bonchev–Trinajstić information content (AvgIpc) is 2.58. The molecule has 0 bridgehead atoms. The Bertz CT molecular complexity index is 376. The molecule has 2 rings (SSSR count). The Kier molecular flexibility index (Phi) is 2.77. The summed E-state index contributed by atoms with van der Waals surface area (Å²) in [4.78, 5) is 4.24. The van der Waals surface area contributed by atoms with Crippen LogP contribution in [-0.2, 0) is 6.54 Å². The Hall–Kier alpha value is -0.550. The number of imidazole rings is 1. The fraction of sp³-hybridized carbons (Fsp3) is 0.700. The molecule has 0 spiro atoms. The third kappa shape index (κ3) is 1.78. The van der Waals surface area contributed by atoms with Crippen LogP contribution >= 0.6 is 15.9 Å².